The van der Waals surface area contributed by atoms with Gasteiger partial charge >= 0.3 is 0 Å². The van der Waals surface area contributed by atoms with E-state index < -0.39 is 0 Å². The van der Waals surface area contributed by atoms with E-state index in [0.717, 1.165) is 19.3 Å². The summed E-state index contributed by atoms with van der Waals surface area (Å²) in [6.45, 7) is 0. The molecule has 1 heterocycles. The number of nitrogens with zero attached hydrogens (tertiary/aromatic N) is 1. The summed E-state index contributed by atoms with van der Waals surface area (Å²) in [5, 5.41) is 3.54. The first-order valence-corrected chi connectivity index (χ1v) is 5.97. The van der Waals surface area contributed by atoms with Gasteiger partial charge in [-0.15, -0.1) is 0 Å². The highest BCUT2D eigenvalue weighted by Crippen LogP contribution is 2.37. The van der Waals surface area contributed by atoms with Crippen LogP contribution < -0.4 is 11.1 Å². The minimum atomic E-state index is -0.0586. The van der Waals surface area contributed by atoms with Gasteiger partial charge in [-0.05, 0) is 25.3 Å². The van der Waals surface area contributed by atoms with Gasteiger partial charge in [0.05, 0.1) is 5.02 Å². The number of amides is 1. The van der Waals surface area contributed by atoms with Gasteiger partial charge in [0.15, 0.2) is 0 Å². The summed E-state index contributed by atoms with van der Waals surface area (Å²) in [7, 11) is 0. The molecular weight excluding hydrogens is 226 g/mol. The molecule has 2 aliphatic rings. The van der Waals surface area contributed by atoms with Gasteiger partial charge in [0.25, 0.3) is 5.91 Å². The van der Waals surface area contributed by atoms with Crippen molar-refractivity contribution in [2.75, 3.05) is 0 Å². The molecule has 0 aromatic carbocycles. The van der Waals surface area contributed by atoms with Crippen molar-refractivity contribution >= 4 is 17.5 Å². The van der Waals surface area contributed by atoms with Crippen LogP contribution in [0.3, 0.4) is 0 Å². The number of halogens is 1. The highest BCUT2D eigenvalue weighted by Gasteiger charge is 2.36. The Labute approximate surface area is 98.7 Å². The Bertz CT molecular complexity index is 438. The second kappa shape index (κ2) is 3.50. The topological polar surface area (TPSA) is 60.0 Å². The molecule has 0 bridgehead atoms. The van der Waals surface area contributed by atoms with Crippen molar-refractivity contribution in [3.63, 3.8) is 0 Å². The summed E-state index contributed by atoms with van der Waals surface area (Å²) in [6.07, 6.45) is 4.98. The molecule has 0 aliphatic heterocycles. The average molecular weight is 240 g/mol. The van der Waals surface area contributed by atoms with Crippen LogP contribution in [0.1, 0.15) is 35.8 Å². The summed E-state index contributed by atoms with van der Waals surface area (Å²) >= 11 is 5.94. The Morgan fingerprint density at radius 3 is 2.81 bits per heavy atom. The minimum Gasteiger partial charge on any atom is -0.346 e. The Hall–Kier alpha value is -1.00. The molecule has 3 N–H and O–H groups in total. The van der Waals surface area contributed by atoms with Gasteiger partial charge in [-0.25, -0.2) is 0 Å². The molecule has 3 rings (SSSR count). The highest BCUT2D eigenvalue weighted by molar-refractivity contribution is 6.31. The number of rotatable bonds is 3. The van der Waals surface area contributed by atoms with Crippen molar-refractivity contribution in [2.24, 2.45) is 5.73 Å². The molecular formula is C11H14ClN3O. The summed E-state index contributed by atoms with van der Waals surface area (Å²) in [4.78, 5) is 12.0. The third kappa shape index (κ3) is 1.83. The van der Waals surface area contributed by atoms with Crippen LogP contribution in [-0.4, -0.2) is 22.6 Å². The van der Waals surface area contributed by atoms with E-state index >= 15 is 0 Å². The van der Waals surface area contributed by atoms with Crippen molar-refractivity contribution in [1.29, 1.82) is 0 Å². The number of carbonyl (C=O) groups excluding carboxylic acids is 1. The molecule has 86 valence electrons. The van der Waals surface area contributed by atoms with E-state index in [4.69, 9.17) is 17.3 Å². The second-order valence-electron chi connectivity index (χ2n) is 4.66. The van der Waals surface area contributed by atoms with Crippen LogP contribution in [0, 0.1) is 0 Å². The maximum Gasteiger partial charge on any atom is 0.268 e. The molecule has 0 radical (unpaired) electrons. The van der Waals surface area contributed by atoms with Gasteiger partial charge in [0.1, 0.15) is 5.69 Å². The van der Waals surface area contributed by atoms with Crippen molar-refractivity contribution in [3.8, 4) is 0 Å². The zero-order chi connectivity index (χ0) is 11.3. The number of hydrogen-bond acceptors (Lipinski definition) is 2. The molecule has 2 atom stereocenters. The van der Waals surface area contributed by atoms with E-state index in [1.165, 1.54) is 0 Å². The number of carbonyl (C=O) groups is 1. The maximum absolute atomic E-state index is 12.0. The lowest BCUT2D eigenvalue weighted by Gasteiger charge is -2.07. The van der Waals surface area contributed by atoms with Crippen LogP contribution in [0.15, 0.2) is 12.3 Å². The number of nitrogens with one attached hydrogen (secondary N) is 1. The van der Waals surface area contributed by atoms with E-state index in [9.17, 15) is 4.79 Å². The minimum absolute atomic E-state index is 0.0586. The molecule has 2 aliphatic carbocycles. The lowest BCUT2D eigenvalue weighted by atomic mass is 10.4. The predicted octanol–water partition coefficient (Wildman–Crippen LogP) is 1.31. The van der Waals surface area contributed by atoms with Crippen LogP contribution in [0.2, 0.25) is 5.02 Å². The number of nitrogens with two attached hydrogens (primary N) is 1. The molecule has 2 saturated carbocycles. The van der Waals surface area contributed by atoms with E-state index in [0.29, 0.717) is 16.8 Å². The van der Waals surface area contributed by atoms with Crippen molar-refractivity contribution in [2.45, 2.75) is 37.4 Å². The zero-order valence-corrected chi connectivity index (χ0v) is 9.57. The van der Waals surface area contributed by atoms with Crippen LogP contribution in [0.4, 0.5) is 0 Å². The van der Waals surface area contributed by atoms with Crippen LogP contribution in [-0.2, 0) is 0 Å². The zero-order valence-electron chi connectivity index (χ0n) is 8.82. The van der Waals surface area contributed by atoms with Gasteiger partial charge in [-0.1, -0.05) is 11.6 Å². The smallest absolute Gasteiger partial charge is 0.268 e. The molecule has 0 spiro atoms. The molecule has 1 aromatic rings. The first-order chi connectivity index (χ1) is 7.65. The van der Waals surface area contributed by atoms with Crippen molar-refractivity contribution in [1.82, 2.24) is 9.88 Å². The molecule has 1 aromatic heterocycles. The molecule has 16 heavy (non-hydrogen) atoms. The fraction of sp³-hybridized carbons (Fsp3) is 0.545. The third-order valence-electron chi connectivity index (χ3n) is 3.14. The first-order valence-electron chi connectivity index (χ1n) is 5.59. The molecule has 5 heteroatoms. The standard InChI is InChI=1S/C11H14ClN3O/c12-6-3-10(15(5-6)7-1-2-7)11(16)14-9-4-8(9)13/h3,5,7-9H,1-2,4,13H2,(H,14,16). The largest absolute Gasteiger partial charge is 0.346 e. The third-order valence-corrected chi connectivity index (χ3v) is 3.35. The van der Waals surface area contributed by atoms with E-state index in [2.05, 4.69) is 5.32 Å². The van der Waals surface area contributed by atoms with E-state index in [-0.39, 0.29) is 18.0 Å². The summed E-state index contributed by atoms with van der Waals surface area (Å²) in [6, 6.07) is 2.46. The molecule has 4 nitrogen and oxygen atoms in total. The van der Waals surface area contributed by atoms with Crippen LogP contribution in [0.5, 0.6) is 0 Å². The highest BCUT2D eigenvalue weighted by atomic mass is 35.5. The lowest BCUT2D eigenvalue weighted by molar-refractivity contribution is 0.0941. The number of hydrogen-bond donors (Lipinski definition) is 2. The fourth-order valence-corrected chi connectivity index (χ4v) is 2.11. The van der Waals surface area contributed by atoms with Crippen molar-refractivity contribution in [3.05, 3.63) is 23.0 Å². The fourth-order valence-electron chi connectivity index (χ4n) is 1.91. The SMILES string of the molecule is NC1CC1NC(=O)c1cc(Cl)cn1C1CC1. The van der Waals surface area contributed by atoms with Gasteiger partial charge < -0.3 is 15.6 Å². The van der Waals surface area contributed by atoms with Gasteiger partial charge in [-0.2, -0.15) is 0 Å². The van der Waals surface area contributed by atoms with Gasteiger partial charge in [0.2, 0.25) is 0 Å². The number of aromatic nitrogens is 1. The monoisotopic (exact) mass is 239 g/mol. The summed E-state index contributed by atoms with van der Waals surface area (Å²) < 4.78 is 1.98. The molecule has 2 unspecified atom stereocenters. The quantitative estimate of drug-likeness (QED) is 0.836. The van der Waals surface area contributed by atoms with Gasteiger partial charge in [0, 0.05) is 24.3 Å². The van der Waals surface area contributed by atoms with Gasteiger partial charge in [-0.3, -0.25) is 4.79 Å². The van der Waals surface area contributed by atoms with Crippen molar-refractivity contribution < 1.29 is 4.79 Å². The van der Waals surface area contributed by atoms with E-state index in [1.807, 2.05) is 10.8 Å². The first kappa shape index (κ1) is 10.2. The molecule has 2 fully saturated rings. The van der Waals surface area contributed by atoms with Crippen LogP contribution in [0.25, 0.3) is 0 Å². The maximum atomic E-state index is 12.0. The summed E-state index contributed by atoms with van der Waals surface area (Å²) in [5.41, 5.74) is 6.32. The Balaban J connectivity index is 1.78. The normalized spacial score (nSPS) is 27.9. The molecule has 1 amide bonds. The molecule has 0 saturated heterocycles. The summed E-state index contributed by atoms with van der Waals surface area (Å²) in [5.74, 6) is -0.0586. The second-order valence-corrected chi connectivity index (χ2v) is 5.10. The lowest BCUT2D eigenvalue weighted by Crippen LogP contribution is -2.31. The van der Waals surface area contributed by atoms with Crippen LogP contribution >= 0.6 is 11.6 Å². The Morgan fingerprint density at radius 2 is 2.25 bits per heavy atom. The predicted molar refractivity (Wildman–Crippen MR) is 61.6 cm³/mol. The average Bonchev–Trinajstić information content (AvgIpc) is 3.12. The van der Waals surface area contributed by atoms with E-state index in [1.54, 1.807) is 6.07 Å². The Kier molecular flexibility index (Phi) is 2.23. The Morgan fingerprint density at radius 1 is 1.56 bits per heavy atom.